The quantitative estimate of drug-likeness (QED) is 0.879. The van der Waals surface area contributed by atoms with Gasteiger partial charge in [0.15, 0.2) is 0 Å². The summed E-state index contributed by atoms with van der Waals surface area (Å²) in [6.07, 6.45) is 3.17. The zero-order valence-electron chi connectivity index (χ0n) is 9.49. The number of aromatic nitrogens is 1. The van der Waals surface area contributed by atoms with Crippen molar-refractivity contribution in [1.82, 2.24) is 9.88 Å². The number of halogens is 1. The Labute approximate surface area is 103 Å². The molecule has 0 fully saturated rings. The van der Waals surface area contributed by atoms with E-state index >= 15 is 0 Å². The summed E-state index contributed by atoms with van der Waals surface area (Å²) in [5, 5.41) is 3.06. The van der Waals surface area contributed by atoms with Crippen LogP contribution in [0.3, 0.4) is 0 Å². The van der Waals surface area contributed by atoms with Gasteiger partial charge in [0.2, 0.25) is 5.91 Å². The van der Waals surface area contributed by atoms with Gasteiger partial charge in [0.05, 0.1) is 22.0 Å². The van der Waals surface area contributed by atoms with Crippen LogP contribution in [0.1, 0.15) is 6.92 Å². The second-order valence-corrected chi connectivity index (χ2v) is 4.54. The van der Waals surface area contributed by atoms with Crippen LogP contribution in [0.25, 0.3) is 0 Å². The van der Waals surface area contributed by atoms with Crippen molar-refractivity contribution in [2.24, 2.45) is 0 Å². The molecule has 0 aliphatic carbocycles. The number of nitrogen functional groups attached to an aromatic ring is 1. The van der Waals surface area contributed by atoms with E-state index in [1.807, 2.05) is 0 Å². The Morgan fingerprint density at radius 1 is 1.56 bits per heavy atom. The summed E-state index contributed by atoms with van der Waals surface area (Å²) in [5.74, 6) is -0.0110. The molecule has 3 N–H and O–H groups in total. The van der Waals surface area contributed by atoms with Gasteiger partial charge < -0.3 is 16.0 Å². The molecule has 0 bridgehead atoms. The molecular weight excluding hydrogens is 272 g/mol. The lowest BCUT2D eigenvalue weighted by atomic mass is 10.2. The molecule has 16 heavy (non-hydrogen) atoms. The highest BCUT2D eigenvalue weighted by Gasteiger charge is 2.16. The minimum absolute atomic E-state index is 0.0110. The molecule has 0 aliphatic rings. The number of likely N-dealkylation sites (N-methyl/N-ethyl adjacent to an activating group) is 1. The first-order valence-corrected chi connectivity index (χ1v) is 5.59. The maximum Gasteiger partial charge on any atom is 0.244 e. The summed E-state index contributed by atoms with van der Waals surface area (Å²) in [7, 11) is 3.43. The van der Waals surface area contributed by atoms with Gasteiger partial charge in [0.1, 0.15) is 6.04 Å². The lowest BCUT2D eigenvalue weighted by Crippen LogP contribution is -2.36. The Kier molecular flexibility index (Phi) is 4.12. The largest absolute Gasteiger partial charge is 0.396 e. The number of nitrogens with zero attached hydrogens (tertiary/aromatic N) is 2. The van der Waals surface area contributed by atoms with Crippen LogP contribution >= 0.6 is 15.9 Å². The number of anilines is 2. The molecule has 0 aliphatic heterocycles. The SMILES string of the molecule is CC(Nc1c(N)cncc1Br)C(=O)N(C)C. The topological polar surface area (TPSA) is 71.2 Å². The Morgan fingerprint density at radius 3 is 2.69 bits per heavy atom. The summed E-state index contributed by atoms with van der Waals surface area (Å²) in [6, 6.07) is -0.337. The van der Waals surface area contributed by atoms with E-state index in [4.69, 9.17) is 5.73 Å². The molecular formula is C10H15BrN4O. The molecule has 0 saturated carbocycles. The third kappa shape index (κ3) is 2.85. The minimum atomic E-state index is -0.337. The Balaban J connectivity index is 2.85. The van der Waals surface area contributed by atoms with Crippen LogP contribution in [-0.2, 0) is 4.79 Å². The lowest BCUT2D eigenvalue weighted by molar-refractivity contribution is -0.129. The van der Waals surface area contributed by atoms with E-state index < -0.39 is 0 Å². The molecule has 88 valence electrons. The third-order valence-corrected chi connectivity index (χ3v) is 2.70. The van der Waals surface area contributed by atoms with Crippen LogP contribution in [0.5, 0.6) is 0 Å². The van der Waals surface area contributed by atoms with E-state index in [-0.39, 0.29) is 11.9 Å². The van der Waals surface area contributed by atoms with Crippen LogP contribution in [0.2, 0.25) is 0 Å². The van der Waals surface area contributed by atoms with Crippen molar-refractivity contribution in [2.75, 3.05) is 25.1 Å². The molecule has 6 heteroatoms. The molecule has 0 spiro atoms. The van der Waals surface area contributed by atoms with Crippen LogP contribution in [0.4, 0.5) is 11.4 Å². The molecule has 1 aromatic rings. The third-order valence-electron chi connectivity index (χ3n) is 2.10. The van der Waals surface area contributed by atoms with E-state index in [9.17, 15) is 4.79 Å². The predicted molar refractivity (Wildman–Crippen MR) is 68.1 cm³/mol. The number of carbonyl (C=O) groups is 1. The molecule has 1 heterocycles. The molecule has 0 aromatic carbocycles. The fourth-order valence-electron chi connectivity index (χ4n) is 1.27. The molecule has 1 atom stereocenters. The fourth-order valence-corrected chi connectivity index (χ4v) is 1.73. The molecule has 5 nitrogen and oxygen atoms in total. The van der Waals surface area contributed by atoms with Gasteiger partial charge in [0.25, 0.3) is 0 Å². The first-order valence-electron chi connectivity index (χ1n) is 4.80. The fraction of sp³-hybridized carbons (Fsp3) is 0.400. The predicted octanol–water partition coefficient (Wildman–Crippen LogP) is 1.31. The maximum atomic E-state index is 11.7. The highest BCUT2D eigenvalue weighted by molar-refractivity contribution is 9.10. The van der Waals surface area contributed by atoms with E-state index in [1.165, 1.54) is 4.90 Å². The summed E-state index contributed by atoms with van der Waals surface area (Å²) in [4.78, 5) is 17.1. The van der Waals surface area contributed by atoms with E-state index in [0.717, 1.165) is 4.47 Å². The zero-order valence-corrected chi connectivity index (χ0v) is 11.1. The molecule has 1 rings (SSSR count). The second-order valence-electron chi connectivity index (χ2n) is 3.68. The number of carbonyl (C=O) groups excluding carboxylic acids is 1. The highest BCUT2D eigenvalue weighted by atomic mass is 79.9. The molecule has 1 aromatic heterocycles. The van der Waals surface area contributed by atoms with Gasteiger partial charge in [-0.25, -0.2) is 0 Å². The van der Waals surface area contributed by atoms with Crippen molar-refractivity contribution in [2.45, 2.75) is 13.0 Å². The van der Waals surface area contributed by atoms with Gasteiger partial charge in [-0.2, -0.15) is 0 Å². The number of nitrogens with one attached hydrogen (secondary N) is 1. The van der Waals surface area contributed by atoms with Crippen molar-refractivity contribution in [3.63, 3.8) is 0 Å². The van der Waals surface area contributed by atoms with Crippen LogP contribution in [-0.4, -0.2) is 35.9 Å². The number of pyridine rings is 1. The van der Waals surface area contributed by atoms with Gasteiger partial charge in [-0.15, -0.1) is 0 Å². The molecule has 1 amide bonds. The van der Waals surface area contributed by atoms with Crippen molar-refractivity contribution in [3.05, 3.63) is 16.9 Å². The summed E-state index contributed by atoms with van der Waals surface area (Å²) in [5.41, 5.74) is 6.97. The van der Waals surface area contributed by atoms with Gasteiger partial charge in [-0.05, 0) is 22.9 Å². The van der Waals surface area contributed by atoms with E-state index in [0.29, 0.717) is 11.4 Å². The Bertz CT molecular complexity index is 374. The van der Waals surface area contributed by atoms with Crippen molar-refractivity contribution >= 4 is 33.2 Å². The number of nitrogens with two attached hydrogens (primary N) is 1. The number of hydrogen-bond donors (Lipinski definition) is 2. The first-order chi connectivity index (χ1) is 7.43. The number of rotatable bonds is 3. The smallest absolute Gasteiger partial charge is 0.244 e. The first kappa shape index (κ1) is 12.8. The van der Waals surface area contributed by atoms with E-state index in [1.54, 1.807) is 33.4 Å². The summed E-state index contributed by atoms with van der Waals surface area (Å²) >= 11 is 3.33. The summed E-state index contributed by atoms with van der Waals surface area (Å²) in [6.45, 7) is 1.79. The normalized spacial score (nSPS) is 12.0. The van der Waals surface area contributed by atoms with Crippen LogP contribution < -0.4 is 11.1 Å². The standard InChI is InChI=1S/C10H15BrN4O/c1-6(10(16)15(2)3)14-9-7(11)4-13-5-8(9)12/h4-6H,12H2,1-3H3,(H,13,14). The second kappa shape index (κ2) is 5.16. The van der Waals surface area contributed by atoms with Crippen molar-refractivity contribution < 1.29 is 4.79 Å². The average Bonchev–Trinajstić information content (AvgIpc) is 2.22. The lowest BCUT2D eigenvalue weighted by Gasteiger charge is -2.20. The minimum Gasteiger partial charge on any atom is -0.396 e. The molecule has 0 radical (unpaired) electrons. The zero-order chi connectivity index (χ0) is 12.3. The summed E-state index contributed by atoms with van der Waals surface area (Å²) < 4.78 is 0.742. The monoisotopic (exact) mass is 286 g/mol. The van der Waals surface area contributed by atoms with Gasteiger partial charge in [-0.3, -0.25) is 9.78 Å². The van der Waals surface area contributed by atoms with Gasteiger partial charge in [-0.1, -0.05) is 0 Å². The Morgan fingerprint density at radius 2 is 2.19 bits per heavy atom. The van der Waals surface area contributed by atoms with Crippen molar-refractivity contribution in [1.29, 1.82) is 0 Å². The maximum absolute atomic E-state index is 11.7. The number of hydrogen-bond acceptors (Lipinski definition) is 4. The van der Waals surface area contributed by atoms with Crippen molar-refractivity contribution in [3.8, 4) is 0 Å². The Hall–Kier alpha value is -1.30. The van der Waals surface area contributed by atoms with Crippen LogP contribution in [0, 0.1) is 0 Å². The van der Waals surface area contributed by atoms with Gasteiger partial charge >= 0.3 is 0 Å². The molecule has 1 unspecified atom stereocenters. The van der Waals surface area contributed by atoms with Crippen LogP contribution in [0.15, 0.2) is 16.9 Å². The number of amides is 1. The highest BCUT2D eigenvalue weighted by Crippen LogP contribution is 2.27. The van der Waals surface area contributed by atoms with Gasteiger partial charge in [0, 0.05) is 20.3 Å². The van der Waals surface area contributed by atoms with E-state index in [2.05, 4.69) is 26.2 Å². The molecule has 0 saturated heterocycles. The average molecular weight is 287 g/mol.